The Morgan fingerprint density at radius 1 is 1.10 bits per heavy atom. The van der Waals surface area contributed by atoms with Crippen molar-refractivity contribution in [3.05, 3.63) is 58.6 Å². The van der Waals surface area contributed by atoms with E-state index in [4.69, 9.17) is 21.1 Å². The van der Waals surface area contributed by atoms with Gasteiger partial charge in [0.25, 0.3) is 10.0 Å². The van der Waals surface area contributed by atoms with Gasteiger partial charge >= 0.3 is 0 Å². The van der Waals surface area contributed by atoms with E-state index in [1.54, 1.807) is 23.6 Å². The van der Waals surface area contributed by atoms with Crippen molar-refractivity contribution in [2.24, 2.45) is 0 Å². The largest absolute Gasteiger partial charge is 0.486 e. The molecule has 2 aromatic carbocycles. The van der Waals surface area contributed by atoms with Gasteiger partial charge in [0.05, 0.1) is 17.0 Å². The molecule has 1 aromatic heterocycles. The molecule has 0 bridgehead atoms. The van der Waals surface area contributed by atoms with Gasteiger partial charge in [-0.1, -0.05) is 11.6 Å². The lowest BCUT2D eigenvalue weighted by Gasteiger charge is -2.18. The Labute approximate surface area is 181 Å². The number of sulfonamides is 1. The summed E-state index contributed by atoms with van der Waals surface area (Å²) in [6, 6.07) is 10.9. The van der Waals surface area contributed by atoms with Gasteiger partial charge in [0.1, 0.15) is 13.2 Å². The van der Waals surface area contributed by atoms with Gasteiger partial charge in [-0.15, -0.1) is 11.3 Å². The molecule has 0 spiro atoms. The van der Waals surface area contributed by atoms with Crippen molar-refractivity contribution < 1.29 is 22.7 Å². The Balaban J connectivity index is 1.38. The summed E-state index contributed by atoms with van der Waals surface area (Å²) in [4.78, 5) is 16.6. The Hall–Kier alpha value is -2.82. The minimum atomic E-state index is -3.79. The molecule has 0 aliphatic carbocycles. The number of hydrogen-bond donors (Lipinski definition) is 2. The van der Waals surface area contributed by atoms with Crippen molar-refractivity contribution in [3.8, 4) is 11.5 Å². The van der Waals surface area contributed by atoms with Gasteiger partial charge in [0, 0.05) is 22.2 Å². The van der Waals surface area contributed by atoms with E-state index >= 15 is 0 Å². The Bertz CT molecular complexity index is 1180. The minimum absolute atomic E-state index is 0.00633. The summed E-state index contributed by atoms with van der Waals surface area (Å²) in [7, 11) is -3.79. The maximum Gasteiger partial charge on any atom is 0.263 e. The molecular formula is C19H16ClN3O5S2. The lowest BCUT2D eigenvalue weighted by Crippen LogP contribution is -2.17. The molecule has 0 unspecified atom stereocenters. The molecular weight excluding hydrogens is 450 g/mol. The number of aromatic nitrogens is 1. The van der Waals surface area contributed by atoms with E-state index in [2.05, 4.69) is 15.0 Å². The lowest BCUT2D eigenvalue weighted by molar-refractivity contribution is -0.115. The Kier molecular flexibility index (Phi) is 5.80. The van der Waals surface area contributed by atoms with Crippen molar-refractivity contribution in [2.75, 3.05) is 23.3 Å². The predicted molar refractivity (Wildman–Crippen MR) is 114 cm³/mol. The van der Waals surface area contributed by atoms with Crippen LogP contribution in [0.2, 0.25) is 5.02 Å². The molecule has 0 saturated carbocycles. The number of hydrogen-bond acceptors (Lipinski definition) is 7. The Morgan fingerprint density at radius 2 is 1.83 bits per heavy atom. The zero-order valence-corrected chi connectivity index (χ0v) is 17.8. The van der Waals surface area contributed by atoms with Crippen molar-refractivity contribution in [1.82, 2.24) is 4.98 Å². The molecule has 4 rings (SSSR count). The van der Waals surface area contributed by atoms with E-state index in [1.165, 1.54) is 24.3 Å². The molecule has 156 valence electrons. The molecule has 8 nitrogen and oxygen atoms in total. The maximum atomic E-state index is 12.4. The highest BCUT2D eigenvalue weighted by Gasteiger charge is 2.17. The number of thiazole rings is 1. The van der Waals surface area contributed by atoms with Crippen molar-refractivity contribution >= 4 is 49.7 Å². The second kappa shape index (κ2) is 8.50. The van der Waals surface area contributed by atoms with E-state index in [-0.39, 0.29) is 22.4 Å². The lowest BCUT2D eigenvalue weighted by atomic mass is 10.2. The predicted octanol–water partition coefficient (Wildman–Crippen LogP) is 3.55. The molecule has 1 aliphatic rings. The summed E-state index contributed by atoms with van der Waals surface area (Å²) in [6.07, 6.45) is -0.00633. The van der Waals surface area contributed by atoms with Crippen LogP contribution in [0.1, 0.15) is 5.69 Å². The number of amides is 1. The van der Waals surface area contributed by atoms with Crippen LogP contribution >= 0.6 is 22.9 Å². The van der Waals surface area contributed by atoms with Gasteiger partial charge < -0.3 is 14.8 Å². The zero-order valence-electron chi connectivity index (χ0n) is 15.4. The van der Waals surface area contributed by atoms with Crippen LogP contribution in [0.25, 0.3) is 0 Å². The standard InChI is InChI=1S/C19H16ClN3O5S2/c20-12-1-4-15(5-2-12)30(25,26)23-19-22-14(11-29-19)10-18(24)21-13-3-6-16-17(9-13)28-8-7-27-16/h1-6,9,11H,7-8,10H2,(H,21,24)(H,22,23). The van der Waals surface area contributed by atoms with E-state index in [1.807, 2.05) is 0 Å². The third kappa shape index (κ3) is 4.84. The van der Waals surface area contributed by atoms with Gasteiger partial charge in [-0.25, -0.2) is 13.4 Å². The highest BCUT2D eigenvalue weighted by atomic mass is 35.5. The van der Waals surface area contributed by atoms with Crippen LogP contribution in [0.5, 0.6) is 11.5 Å². The van der Waals surface area contributed by atoms with Gasteiger partial charge in [-0.05, 0) is 36.4 Å². The highest BCUT2D eigenvalue weighted by molar-refractivity contribution is 7.93. The number of carbonyl (C=O) groups is 1. The molecule has 3 aromatic rings. The van der Waals surface area contributed by atoms with Crippen LogP contribution < -0.4 is 19.5 Å². The number of rotatable bonds is 6. The molecule has 30 heavy (non-hydrogen) atoms. The molecule has 1 aliphatic heterocycles. The third-order valence-corrected chi connectivity index (χ3v) is 6.61. The molecule has 2 N–H and O–H groups in total. The van der Waals surface area contributed by atoms with E-state index in [0.717, 1.165) is 11.3 Å². The first-order valence-corrected chi connectivity index (χ1v) is 11.6. The second-order valence-electron chi connectivity index (χ2n) is 6.29. The van der Waals surface area contributed by atoms with Crippen LogP contribution in [-0.2, 0) is 21.2 Å². The van der Waals surface area contributed by atoms with Crippen LogP contribution in [-0.4, -0.2) is 32.5 Å². The van der Waals surface area contributed by atoms with Gasteiger partial charge in [-0.2, -0.15) is 0 Å². The van der Waals surface area contributed by atoms with Crippen LogP contribution in [0.3, 0.4) is 0 Å². The number of nitrogens with one attached hydrogen (secondary N) is 2. The normalized spacial score (nSPS) is 13.0. The number of halogens is 1. The molecule has 0 saturated heterocycles. The number of carbonyl (C=O) groups excluding carboxylic acids is 1. The molecule has 0 radical (unpaired) electrons. The maximum absolute atomic E-state index is 12.4. The fourth-order valence-corrected chi connectivity index (χ4v) is 4.80. The zero-order chi connectivity index (χ0) is 21.1. The number of ether oxygens (including phenoxy) is 2. The van der Waals surface area contributed by atoms with Gasteiger partial charge in [-0.3, -0.25) is 9.52 Å². The second-order valence-corrected chi connectivity index (χ2v) is 9.26. The summed E-state index contributed by atoms with van der Waals surface area (Å²) >= 11 is 6.89. The topological polar surface area (TPSA) is 107 Å². The first kappa shape index (κ1) is 20.5. The summed E-state index contributed by atoms with van der Waals surface area (Å²) in [5.41, 5.74) is 1.02. The molecule has 2 heterocycles. The van der Waals surface area contributed by atoms with E-state index < -0.39 is 10.0 Å². The van der Waals surface area contributed by atoms with Crippen LogP contribution in [0, 0.1) is 0 Å². The number of anilines is 2. The van der Waals surface area contributed by atoms with Gasteiger partial charge in [0.15, 0.2) is 16.6 Å². The number of fused-ring (bicyclic) bond motifs is 1. The first-order valence-electron chi connectivity index (χ1n) is 8.81. The minimum Gasteiger partial charge on any atom is -0.486 e. The van der Waals surface area contributed by atoms with Crippen molar-refractivity contribution in [3.63, 3.8) is 0 Å². The SMILES string of the molecule is O=C(Cc1csc(NS(=O)(=O)c2ccc(Cl)cc2)n1)Nc1ccc2c(c1)OCCO2. The smallest absolute Gasteiger partial charge is 0.263 e. The fourth-order valence-electron chi connectivity index (χ4n) is 2.71. The van der Waals surface area contributed by atoms with E-state index in [0.29, 0.717) is 41.1 Å². The molecule has 11 heteroatoms. The summed E-state index contributed by atoms with van der Waals surface area (Å²) in [6.45, 7) is 0.949. The fraction of sp³-hybridized carbons (Fsp3) is 0.158. The molecule has 1 amide bonds. The van der Waals surface area contributed by atoms with Crippen molar-refractivity contribution in [2.45, 2.75) is 11.3 Å². The average Bonchev–Trinajstić information content (AvgIpc) is 3.14. The quantitative estimate of drug-likeness (QED) is 0.576. The Morgan fingerprint density at radius 3 is 2.60 bits per heavy atom. The van der Waals surface area contributed by atoms with E-state index in [9.17, 15) is 13.2 Å². The summed E-state index contributed by atoms with van der Waals surface area (Å²) in [5, 5.41) is 5.01. The third-order valence-electron chi connectivity index (χ3n) is 4.06. The average molecular weight is 466 g/mol. The monoisotopic (exact) mass is 465 g/mol. The number of benzene rings is 2. The van der Waals surface area contributed by atoms with Crippen molar-refractivity contribution in [1.29, 1.82) is 0 Å². The molecule has 0 fully saturated rings. The molecule has 0 atom stereocenters. The van der Waals surface area contributed by atoms with Crippen LogP contribution in [0.4, 0.5) is 10.8 Å². The summed E-state index contributed by atoms with van der Waals surface area (Å²) in [5.74, 6) is 0.923. The van der Waals surface area contributed by atoms with Gasteiger partial charge in [0.2, 0.25) is 5.91 Å². The van der Waals surface area contributed by atoms with Crippen LogP contribution in [0.15, 0.2) is 52.7 Å². The number of nitrogens with zero attached hydrogens (tertiary/aromatic N) is 1. The summed E-state index contributed by atoms with van der Waals surface area (Å²) < 4.78 is 38.2. The highest BCUT2D eigenvalue weighted by Crippen LogP contribution is 2.32. The first-order chi connectivity index (χ1) is 14.4.